The normalized spacial score (nSPS) is 19.0. The highest BCUT2D eigenvalue weighted by Gasteiger charge is 2.32. The molecule has 2 aromatic carbocycles. The van der Waals surface area contributed by atoms with Crippen molar-refractivity contribution in [2.45, 2.75) is 18.9 Å². The Balaban J connectivity index is 1.37. The minimum Gasteiger partial charge on any atom is -0.497 e. The van der Waals surface area contributed by atoms with E-state index in [4.69, 9.17) is 18.9 Å². The molecular weight excluding hydrogens is 498 g/mol. The molecule has 0 spiro atoms. The van der Waals surface area contributed by atoms with Gasteiger partial charge < -0.3 is 18.8 Å². The van der Waals surface area contributed by atoms with E-state index in [9.17, 15) is 4.79 Å². The number of nitrogens with zero attached hydrogens (tertiary/aromatic N) is 3. The molecule has 192 valence electrons. The van der Waals surface area contributed by atoms with Crippen molar-refractivity contribution in [2.75, 3.05) is 38.3 Å². The van der Waals surface area contributed by atoms with Gasteiger partial charge in [-0.3, -0.25) is 9.36 Å². The number of thiazole rings is 1. The highest BCUT2D eigenvalue weighted by Crippen LogP contribution is 2.41. The van der Waals surface area contributed by atoms with Crippen molar-refractivity contribution < 1.29 is 13.9 Å². The molecule has 0 bridgehead atoms. The Morgan fingerprint density at radius 2 is 1.84 bits per heavy atom. The molecule has 7 rings (SSSR count). The second-order valence-corrected chi connectivity index (χ2v) is 10.7. The average molecular weight is 526 g/mol. The van der Waals surface area contributed by atoms with Gasteiger partial charge in [-0.25, -0.2) is 4.99 Å². The first kappa shape index (κ1) is 23.3. The van der Waals surface area contributed by atoms with Crippen molar-refractivity contribution in [1.82, 2.24) is 4.57 Å². The number of rotatable bonds is 4. The second kappa shape index (κ2) is 9.45. The van der Waals surface area contributed by atoms with Crippen molar-refractivity contribution in [3.63, 3.8) is 0 Å². The number of hydrogen-bond donors (Lipinski definition) is 0. The number of morpholine rings is 1. The Morgan fingerprint density at radius 1 is 1.03 bits per heavy atom. The molecule has 1 aliphatic carbocycles. The smallest absolute Gasteiger partial charge is 0.271 e. The summed E-state index contributed by atoms with van der Waals surface area (Å²) in [5.74, 6) is 2.25. The van der Waals surface area contributed by atoms with E-state index in [1.807, 2.05) is 34.9 Å². The minimum absolute atomic E-state index is 0.0516. The summed E-state index contributed by atoms with van der Waals surface area (Å²) in [6, 6.07) is 20.1. The second-order valence-electron chi connectivity index (χ2n) is 9.66. The van der Waals surface area contributed by atoms with Crippen LogP contribution in [-0.2, 0) is 11.2 Å². The molecule has 0 saturated carbocycles. The summed E-state index contributed by atoms with van der Waals surface area (Å²) in [5.41, 5.74) is 5.63. The fourth-order valence-electron chi connectivity index (χ4n) is 5.61. The first-order chi connectivity index (χ1) is 18.7. The summed E-state index contributed by atoms with van der Waals surface area (Å²) in [6.45, 7) is 2.97. The molecule has 1 atom stereocenters. The van der Waals surface area contributed by atoms with Crippen LogP contribution in [0.15, 0.2) is 80.4 Å². The average Bonchev–Trinajstić information content (AvgIpc) is 3.57. The zero-order valence-electron chi connectivity index (χ0n) is 21.1. The maximum Gasteiger partial charge on any atom is 0.271 e. The van der Waals surface area contributed by atoms with Gasteiger partial charge in [-0.2, -0.15) is 0 Å². The summed E-state index contributed by atoms with van der Waals surface area (Å²) >= 11 is 1.41. The van der Waals surface area contributed by atoms with Gasteiger partial charge in [0.25, 0.3) is 5.56 Å². The van der Waals surface area contributed by atoms with Gasteiger partial charge in [0.2, 0.25) is 0 Å². The Kier molecular flexibility index (Phi) is 5.78. The van der Waals surface area contributed by atoms with Gasteiger partial charge in [-0.1, -0.05) is 47.7 Å². The van der Waals surface area contributed by atoms with Crippen molar-refractivity contribution in [3.05, 3.63) is 108 Å². The van der Waals surface area contributed by atoms with E-state index in [1.165, 1.54) is 22.5 Å². The molecule has 4 heterocycles. The fourth-order valence-corrected chi connectivity index (χ4v) is 6.59. The third-order valence-corrected chi connectivity index (χ3v) is 8.50. The number of methoxy groups -OCH3 is 1. The fraction of sp³-hybridized carbons (Fsp3) is 0.267. The van der Waals surface area contributed by atoms with Crippen LogP contribution in [0.1, 0.15) is 34.9 Å². The van der Waals surface area contributed by atoms with Crippen molar-refractivity contribution in [2.24, 2.45) is 4.99 Å². The lowest BCUT2D eigenvalue weighted by atomic mass is 9.83. The summed E-state index contributed by atoms with van der Waals surface area (Å²) in [4.78, 5) is 21.9. The molecular formula is C30H27N3O4S. The number of allylic oxidation sites excluding steroid dienone is 1. The molecule has 0 radical (unpaired) electrons. The molecule has 38 heavy (non-hydrogen) atoms. The van der Waals surface area contributed by atoms with Crippen LogP contribution in [0.4, 0.5) is 5.88 Å². The zero-order chi connectivity index (χ0) is 25.6. The van der Waals surface area contributed by atoms with Crippen molar-refractivity contribution >= 4 is 29.0 Å². The van der Waals surface area contributed by atoms with E-state index in [0.29, 0.717) is 28.3 Å². The Morgan fingerprint density at radius 3 is 2.66 bits per heavy atom. The Bertz CT molecular complexity index is 1720. The van der Waals surface area contributed by atoms with Crippen LogP contribution in [0.25, 0.3) is 11.8 Å². The van der Waals surface area contributed by atoms with E-state index in [2.05, 4.69) is 41.3 Å². The van der Waals surface area contributed by atoms with Crippen LogP contribution >= 0.6 is 11.3 Å². The van der Waals surface area contributed by atoms with E-state index < -0.39 is 0 Å². The van der Waals surface area contributed by atoms with Crippen LogP contribution < -0.4 is 24.5 Å². The zero-order valence-corrected chi connectivity index (χ0v) is 21.9. The predicted molar refractivity (Wildman–Crippen MR) is 147 cm³/mol. The first-order valence-corrected chi connectivity index (χ1v) is 13.7. The van der Waals surface area contributed by atoms with Crippen molar-refractivity contribution in [1.29, 1.82) is 0 Å². The highest BCUT2D eigenvalue weighted by atomic mass is 32.1. The van der Waals surface area contributed by atoms with E-state index >= 15 is 0 Å². The maximum atomic E-state index is 13.9. The van der Waals surface area contributed by atoms with Gasteiger partial charge in [0.05, 0.1) is 36.6 Å². The maximum absolute atomic E-state index is 13.9. The van der Waals surface area contributed by atoms with Crippen molar-refractivity contribution in [3.8, 4) is 5.75 Å². The molecule has 0 N–H and O–H groups in total. The molecule has 3 aliphatic rings. The summed E-state index contributed by atoms with van der Waals surface area (Å²) in [6.07, 6.45) is 3.63. The van der Waals surface area contributed by atoms with Gasteiger partial charge >= 0.3 is 0 Å². The van der Waals surface area contributed by atoms with E-state index in [0.717, 1.165) is 54.4 Å². The highest BCUT2D eigenvalue weighted by molar-refractivity contribution is 7.07. The molecule has 0 amide bonds. The lowest BCUT2D eigenvalue weighted by molar-refractivity contribution is 0.120. The van der Waals surface area contributed by atoms with Crippen LogP contribution in [0.5, 0.6) is 5.75 Å². The summed E-state index contributed by atoms with van der Waals surface area (Å²) in [7, 11) is 1.66. The van der Waals surface area contributed by atoms with Gasteiger partial charge in [0, 0.05) is 30.8 Å². The van der Waals surface area contributed by atoms with E-state index in [-0.39, 0.29) is 11.6 Å². The summed E-state index contributed by atoms with van der Waals surface area (Å²) in [5, 5.41) is 0. The molecule has 7 nitrogen and oxygen atoms in total. The van der Waals surface area contributed by atoms with Crippen LogP contribution in [-0.4, -0.2) is 38.0 Å². The number of ether oxygens (including phenoxy) is 2. The number of anilines is 1. The first-order valence-electron chi connectivity index (χ1n) is 12.9. The van der Waals surface area contributed by atoms with Crippen LogP contribution in [0, 0.1) is 0 Å². The summed E-state index contributed by atoms with van der Waals surface area (Å²) < 4.78 is 19.4. The topological polar surface area (TPSA) is 69.2 Å². The molecule has 2 aromatic heterocycles. The molecule has 0 unspecified atom stereocenters. The Hall–Kier alpha value is -3.88. The number of aromatic nitrogens is 1. The number of fused-ring (bicyclic) bond motifs is 3. The molecule has 2 aliphatic heterocycles. The van der Waals surface area contributed by atoms with Gasteiger partial charge in [0.15, 0.2) is 10.7 Å². The van der Waals surface area contributed by atoms with Gasteiger partial charge in [-0.15, -0.1) is 0 Å². The molecule has 1 fully saturated rings. The van der Waals surface area contributed by atoms with E-state index in [1.54, 1.807) is 7.11 Å². The predicted octanol–water partition coefficient (Wildman–Crippen LogP) is 3.76. The molecule has 1 saturated heterocycles. The van der Waals surface area contributed by atoms with Crippen LogP contribution in [0.2, 0.25) is 0 Å². The number of furan rings is 1. The number of hydrogen-bond acceptors (Lipinski definition) is 7. The van der Waals surface area contributed by atoms with Crippen LogP contribution in [0.3, 0.4) is 0 Å². The number of aryl methyl sites for hydroxylation is 1. The molecule has 4 aromatic rings. The Labute approximate surface area is 223 Å². The third-order valence-electron chi connectivity index (χ3n) is 7.51. The molecule has 8 heteroatoms. The van der Waals surface area contributed by atoms with Gasteiger partial charge in [-0.05, 0) is 47.7 Å². The SMILES string of the molecule is COc1ccc([C@@H]2C3=C(N=c4s/c(=C\c5ccc(N6CCOCC6)o5)c(=O)n42)c2ccccc2CC3)cc1. The lowest BCUT2D eigenvalue weighted by Crippen LogP contribution is -2.38. The quantitative estimate of drug-likeness (QED) is 0.406. The largest absolute Gasteiger partial charge is 0.497 e. The third kappa shape index (κ3) is 3.92. The monoisotopic (exact) mass is 525 g/mol. The van der Waals surface area contributed by atoms with Gasteiger partial charge in [0.1, 0.15) is 11.5 Å². The minimum atomic E-state index is -0.219. The number of benzene rings is 2. The standard InChI is InChI=1S/C30H27N3O4S/c1-35-21-9-6-20(7-10-21)28-24-12-8-19-4-2-3-5-23(19)27(24)31-30-33(28)29(34)25(38-30)18-22-11-13-26(37-22)32-14-16-36-17-15-32/h2-7,9-11,13,18,28H,8,12,14-17H2,1H3/b25-18-/t28-/m1/s1. The lowest BCUT2D eigenvalue weighted by Gasteiger charge is -2.30.